The standard InChI is InChI=1S/C18H25FN2O2/c1-14(22)21(17-5-3-2-4-6-17)13-18(23)20-12-11-15-7-9-16(19)10-8-15/h7-10,17H,2-6,11-13H2,1H3,(H,20,23). The molecule has 2 amide bonds. The summed E-state index contributed by atoms with van der Waals surface area (Å²) < 4.78 is 12.8. The van der Waals surface area contributed by atoms with E-state index in [-0.39, 0.29) is 30.2 Å². The molecule has 0 bridgehead atoms. The van der Waals surface area contributed by atoms with Gasteiger partial charge in [-0.05, 0) is 37.0 Å². The molecule has 1 N–H and O–H groups in total. The van der Waals surface area contributed by atoms with E-state index < -0.39 is 0 Å². The van der Waals surface area contributed by atoms with Gasteiger partial charge in [0.2, 0.25) is 11.8 Å². The normalized spacial score (nSPS) is 15.2. The van der Waals surface area contributed by atoms with Gasteiger partial charge in [-0.15, -0.1) is 0 Å². The predicted molar refractivity (Wildman–Crippen MR) is 87.4 cm³/mol. The molecular weight excluding hydrogens is 295 g/mol. The Bertz CT molecular complexity index is 524. The zero-order valence-electron chi connectivity index (χ0n) is 13.7. The Morgan fingerprint density at radius 3 is 2.43 bits per heavy atom. The van der Waals surface area contributed by atoms with Crippen LogP contribution in [0.15, 0.2) is 24.3 Å². The lowest BCUT2D eigenvalue weighted by Crippen LogP contribution is -2.46. The minimum Gasteiger partial charge on any atom is -0.354 e. The molecule has 0 spiro atoms. The fourth-order valence-corrected chi connectivity index (χ4v) is 3.10. The number of nitrogens with zero attached hydrogens (tertiary/aromatic N) is 1. The van der Waals surface area contributed by atoms with Crippen molar-refractivity contribution in [2.24, 2.45) is 0 Å². The Kier molecular flexibility index (Phi) is 6.56. The SMILES string of the molecule is CC(=O)N(CC(=O)NCCc1ccc(F)cc1)C1CCCCC1. The number of halogens is 1. The monoisotopic (exact) mass is 320 g/mol. The number of nitrogens with one attached hydrogen (secondary N) is 1. The van der Waals surface area contributed by atoms with Crippen LogP contribution in [0.2, 0.25) is 0 Å². The van der Waals surface area contributed by atoms with E-state index in [0.717, 1.165) is 31.2 Å². The van der Waals surface area contributed by atoms with Gasteiger partial charge < -0.3 is 10.2 Å². The van der Waals surface area contributed by atoms with Gasteiger partial charge in [0.25, 0.3) is 0 Å². The van der Waals surface area contributed by atoms with Crippen molar-refractivity contribution in [2.45, 2.75) is 51.5 Å². The van der Waals surface area contributed by atoms with Gasteiger partial charge in [-0.1, -0.05) is 31.4 Å². The first-order valence-corrected chi connectivity index (χ1v) is 8.34. The van der Waals surface area contributed by atoms with Gasteiger partial charge in [-0.3, -0.25) is 9.59 Å². The lowest BCUT2D eigenvalue weighted by atomic mass is 9.94. The van der Waals surface area contributed by atoms with Crippen molar-refractivity contribution < 1.29 is 14.0 Å². The highest BCUT2D eigenvalue weighted by atomic mass is 19.1. The van der Waals surface area contributed by atoms with Crippen LogP contribution in [0.1, 0.15) is 44.6 Å². The Morgan fingerprint density at radius 1 is 1.17 bits per heavy atom. The largest absolute Gasteiger partial charge is 0.354 e. The smallest absolute Gasteiger partial charge is 0.239 e. The summed E-state index contributed by atoms with van der Waals surface area (Å²) in [5, 5.41) is 2.84. The maximum Gasteiger partial charge on any atom is 0.239 e. The maximum atomic E-state index is 12.8. The molecule has 0 unspecified atom stereocenters. The van der Waals surface area contributed by atoms with E-state index in [9.17, 15) is 14.0 Å². The van der Waals surface area contributed by atoms with Crippen LogP contribution in [-0.2, 0) is 16.0 Å². The lowest BCUT2D eigenvalue weighted by Gasteiger charge is -2.33. The van der Waals surface area contributed by atoms with Crippen molar-refractivity contribution in [3.05, 3.63) is 35.6 Å². The van der Waals surface area contributed by atoms with E-state index in [2.05, 4.69) is 5.32 Å². The third-order valence-corrected chi connectivity index (χ3v) is 4.38. The van der Waals surface area contributed by atoms with Crippen molar-refractivity contribution >= 4 is 11.8 Å². The first kappa shape index (κ1) is 17.4. The molecule has 1 aliphatic carbocycles. The molecule has 23 heavy (non-hydrogen) atoms. The third-order valence-electron chi connectivity index (χ3n) is 4.38. The molecule has 0 atom stereocenters. The van der Waals surface area contributed by atoms with Crippen LogP contribution in [0, 0.1) is 5.82 Å². The molecule has 1 aromatic rings. The molecule has 1 saturated carbocycles. The number of rotatable bonds is 6. The number of amides is 2. The van der Waals surface area contributed by atoms with Gasteiger partial charge in [-0.2, -0.15) is 0 Å². The van der Waals surface area contributed by atoms with E-state index in [4.69, 9.17) is 0 Å². The molecule has 1 fully saturated rings. The second-order valence-electron chi connectivity index (χ2n) is 6.17. The van der Waals surface area contributed by atoms with Crippen molar-refractivity contribution in [1.29, 1.82) is 0 Å². The van der Waals surface area contributed by atoms with E-state index in [0.29, 0.717) is 13.0 Å². The summed E-state index contributed by atoms with van der Waals surface area (Å²) in [4.78, 5) is 25.6. The summed E-state index contributed by atoms with van der Waals surface area (Å²) in [6, 6.07) is 6.45. The van der Waals surface area contributed by atoms with E-state index >= 15 is 0 Å². The number of hydrogen-bond acceptors (Lipinski definition) is 2. The van der Waals surface area contributed by atoms with Crippen molar-refractivity contribution in [3.8, 4) is 0 Å². The topological polar surface area (TPSA) is 49.4 Å². The van der Waals surface area contributed by atoms with E-state index in [1.165, 1.54) is 25.5 Å². The molecule has 0 radical (unpaired) electrons. The quantitative estimate of drug-likeness (QED) is 0.876. The predicted octanol–water partition coefficient (Wildman–Crippen LogP) is 2.67. The zero-order chi connectivity index (χ0) is 16.7. The molecule has 2 rings (SSSR count). The van der Waals surface area contributed by atoms with Crippen LogP contribution in [0.4, 0.5) is 4.39 Å². The lowest BCUT2D eigenvalue weighted by molar-refractivity contribution is -0.137. The minimum atomic E-state index is -0.262. The Morgan fingerprint density at radius 2 is 1.83 bits per heavy atom. The molecule has 0 heterocycles. The summed E-state index contributed by atoms with van der Waals surface area (Å²) in [5.41, 5.74) is 0.974. The molecule has 1 aromatic carbocycles. The number of benzene rings is 1. The summed E-state index contributed by atoms with van der Waals surface area (Å²) >= 11 is 0. The fourth-order valence-electron chi connectivity index (χ4n) is 3.10. The first-order chi connectivity index (χ1) is 11.1. The number of hydrogen-bond donors (Lipinski definition) is 1. The molecule has 4 nitrogen and oxygen atoms in total. The van der Waals surface area contributed by atoms with Crippen molar-refractivity contribution in [3.63, 3.8) is 0 Å². The third kappa shape index (κ3) is 5.66. The number of carbonyl (C=O) groups is 2. The van der Waals surface area contributed by atoms with Crippen LogP contribution >= 0.6 is 0 Å². The van der Waals surface area contributed by atoms with Gasteiger partial charge >= 0.3 is 0 Å². The molecule has 5 heteroatoms. The summed E-state index contributed by atoms with van der Waals surface area (Å²) in [5.74, 6) is -0.430. The average Bonchev–Trinajstić information content (AvgIpc) is 2.55. The highest BCUT2D eigenvalue weighted by Gasteiger charge is 2.24. The summed E-state index contributed by atoms with van der Waals surface area (Å²) in [7, 11) is 0. The second kappa shape index (κ2) is 8.65. The highest BCUT2D eigenvalue weighted by Crippen LogP contribution is 2.22. The van der Waals surface area contributed by atoms with E-state index in [1.54, 1.807) is 17.0 Å². The molecular formula is C18H25FN2O2. The summed E-state index contributed by atoms with van der Waals surface area (Å²) in [6.07, 6.45) is 6.09. The molecule has 0 aliphatic heterocycles. The van der Waals surface area contributed by atoms with Gasteiger partial charge in [0.15, 0.2) is 0 Å². The summed E-state index contributed by atoms with van der Waals surface area (Å²) in [6.45, 7) is 2.14. The van der Waals surface area contributed by atoms with Crippen LogP contribution < -0.4 is 5.32 Å². The Labute approximate surface area is 137 Å². The highest BCUT2D eigenvalue weighted by molar-refractivity contribution is 5.84. The molecule has 1 aliphatic rings. The second-order valence-corrected chi connectivity index (χ2v) is 6.17. The molecule has 0 aromatic heterocycles. The number of carbonyl (C=O) groups excluding carboxylic acids is 2. The molecule has 0 saturated heterocycles. The zero-order valence-corrected chi connectivity index (χ0v) is 13.7. The fraction of sp³-hybridized carbons (Fsp3) is 0.556. The minimum absolute atomic E-state index is 0.0365. The Balaban J connectivity index is 1.77. The Hall–Kier alpha value is -1.91. The van der Waals surface area contributed by atoms with E-state index in [1.807, 2.05) is 0 Å². The van der Waals surface area contributed by atoms with Crippen LogP contribution in [0.3, 0.4) is 0 Å². The van der Waals surface area contributed by atoms with Crippen molar-refractivity contribution in [2.75, 3.05) is 13.1 Å². The van der Waals surface area contributed by atoms with Crippen molar-refractivity contribution in [1.82, 2.24) is 10.2 Å². The van der Waals surface area contributed by atoms with Gasteiger partial charge in [-0.25, -0.2) is 4.39 Å². The van der Waals surface area contributed by atoms with Crippen LogP contribution in [0.25, 0.3) is 0 Å². The van der Waals surface area contributed by atoms with Crippen LogP contribution in [0.5, 0.6) is 0 Å². The van der Waals surface area contributed by atoms with Crippen LogP contribution in [-0.4, -0.2) is 35.8 Å². The first-order valence-electron chi connectivity index (χ1n) is 8.34. The molecule has 126 valence electrons. The average molecular weight is 320 g/mol. The van der Waals surface area contributed by atoms with Gasteiger partial charge in [0, 0.05) is 19.5 Å². The maximum absolute atomic E-state index is 12.8. The van der Waals surface area contributed by atoms with Gasteiger partial charge in [0.1, 0.15) is 5.82 Å². The van der Waals surface area contributed by atoms with Gasteiger partial charge in [0.05, 0.1) is 6.54 Å².